The van der Waals surface area contributed by atoms with Crippen LogP contribution in [-0.4, -0.2) is 9.78 Å². The van der Waals surface area contributed by atoms with Crippen LogP contribution in [0.1, 0.15) is 0 Å². The lowest BCUT2D eigenvalue weighted by Crippen LogP contribution is -1.86. The Hall–Kier alpha value is -1.03. The van der Waals surface area contributed by atoms with Crippen molar-refractivity contribution in [2.75, 3.05) is 5.73 Å². The first-order valence-corrected chi connectivity index (χ1v) is 4.34. The van der Waals surface area contributed by atoms with Crippen LogP contribution in [0.25, 0.3) is 10.9 Å². The molecule has 2 N–H and O–H groups in total. The van der Waals surface area contributed by atoms with Crippen LogP contribution in [0.2, 0.25) is 0 Å². The van der Waals surface area contributed by atoms with Crippen LogP contribution in [0.5, 0.6) is 0 Å². The molecule has 1 aromatic heterocycles. The maximum absolute atomic E-state index is 5.70. The summed E-state index contributed by atoms with van der Waals surface area (Å²) < 4.78 is 2.69. The van der Waals surface area contributed by atoms with Crippen molar-refractivity contribution in [3.63, 3.8) is 0 Å². The number of nitrogen functional groups attached to an aromatic ring is 1. The molecule has 0 amide bonds. The summed E-state index contributed by atoms with van der Waals surface area (Å²) in [7, 11) is 1.89. The van der Waals surface area contributed by atoms with E-state index in [9.17, 15) is 0 Å². The summed E-state index contributed by atoms with van der Waals surface area (Å²) in [5.41, 5.74) is 7.35. The summed E-state index contributed by atoms with van der Waals surface area (Å²) in [5.74, 6) is 0. The van der Waals surface area contributed by atoms with Gasteiger partial charge in [0.15, 0.2) is 0 Å². The maximum Gasteiger partial charge on any atom is 0.0944 e. The average Bonchev–Trinajstić information content (AvgIpc) is 2.30. The van der Waals surface area contributed by atoms with E-state index in [-0.39, 0.29) is 0 Å². The minimum atomic E-state index is 0.723. The van der Waals surface area contributed by atoms with Crippen molar-refractivity contribution in [2.24, 2.45) is 7.05 Å². The van der Waals surface area contributed by atoms with Gasteiger partial charge in [-0.3, -0.25) is 4.68 Å². The Morgan fingerprint density at radius 1 is 1.50 bits per heavy atom. The smallest absolute Gasteiger partial charge is 0.0944 e. The minimum Gasteiger partial charge on any atom is -0.398 e. The number of benzene rings is 1. The van der Waals surface area contributed by atoms with Gasteiger partial charge in [-0.15, -0.1) is 0 Å². The van der Waals surface area contributed by atoms with Crippen LogP contribution in [0.15, 0.2) is 22.8 Å². The fourth-order valence-electron chi connectivity index (χ4n) is 1.18. The van der Waals surface area contributed by atoms with Crippen LogP contribution >= 0.6 is 15.9 Å². The van der Waals surface area contributed by atoms with Gasteiger partial charge in [-0.05, 0) is 28.1 Å². The number of hydrogen-bond donors (Lipinski definition) is 1. The van der Waals surface area contributed by atoms with E-state index in [1.165, 1.54) is 0 Å². The zero-order valence-electron chi connectivity index (χ0n) is 6.58. The number of anilines is 1. The Labute approximate surface area is 78.3 Å². The van der Waals surface area contributed by atoms with Gasteiger partial charge in [0.1, 0.15) is 0 Å². The van der Waals surface area contributed by atoms with E-state index in [4.69, 9.17) is 5.73 Å². The van der Waals surface area contributed by atoms with Crippen molar-refractivity contribution in [3.8, 4) is 0 Å². The molecule has 0 fully saturated rings. The van der Waals surface area contributed by atoms with Gasteiger partial charge in [0.25, 0.3) is 0 Å². The molecule has 0 radical (unpaired) electrons. The average molecular weight is 226 g/mol. The van der Waals surface area contributed by atoms with E-state index in [0.717, 1.165) is 21.1 Å². The summed E-state index contributed by atoms with van der Waals surface area (Å²) in [4.78, 5) is 0. The molecule has 3 nitrogen and oxygen atoms in total. The third-order valence-corrected chi connectivity index (χ3v) is 2.42. The lowest BCUT2D eigenvalue weighted by Gasteiger charge is -1.95. The molecule has 0 aliphatic heterocycles. The van der Waals surface area contributed by atoms with E-state index in [1.807, 2.05) is 25.4 Å². The highest BCUT2D eigenvalue weighted by atomic mass is 79.9. The molecule has 62 valence electrons. The molecule has 2 aromatic rings. The molecule has 1 heterocycles. The summed E-state index contributed by atoms with van der Waals surface area (Å²) in [6.45, 7) is 0. The summed E-state index contributed by atoms with van der Waals surface area (Å²) in [6, 6.07) is 3.83. The van der Waals surface area contributed by atoms with Crippen LogP contribution in [0.3, 0.4) is 0 Å². The molecule has 0 bridgehead atoms. The van der Waals surface area contributed by atoms with Crippen molar-refractivity contribution in [1.82, 2.24) is 9.78 Å². The molecule has 0 atom stereocenters. The summed E-state index contributed by atoms with van der Waals surface area (Å²) in [5, 5.41) is 5.33. The molecule has 0 saturated carbocycles. The molecule has 2 rings (SSSR count). The summed E-state index contributed by atoms with van der Waals surface area (Å²) >= 11 is 3.36. The van der Waals surface area contributed by atoms with Gasteiger partial charge in [0, 0.05) is 28.8 Å². The maximum atomic E-state index is 5.70. The van der Waals surface area contributed by atoms with Crippen LogP contribution < -0.4 is 5.73 Å². The lowest BCUT2D eigenvalue weighted by molar-refractivity contribution is 0.780. The number of hydrogen-bond acceptors (Lipinski definition) is 2. The second-order valence-corrected chi connectivity index (χ2v) is 3.59. The van der Waals surface area contributed by atoms with Crippen molar-refractivity contribution >= 4 is 32.5 Å². The lowest BCUT2D eigenvalue weighted by atomic mass is 10.2. The SMILES string of the molecule is Cn1cc2cc(Br)c(N)cc2n1. The number of fused-ring (bicyclic) bond motifs is 1. The number of nitrogens with two attached hydrogens (primary N) is 1. The van der Waals surface area contributed by atoms with E-state index in [2.05, 4.69) is 21.0 Å². The molecular weight excluding hydrogens is 218 g/mol. The molecule has 0 aliphatic rings. The summed E-state index contributed by atoms with van der Waals surface area (Å²) in [6.07, 6.45) is 1.96. The molecule has 0 saturated heterocycles. The van der Waals surface area contributed by atoms with Crippen molar-refractivity contribution in [3.05, 3.63) is 22.8 Å². The molecular formula is C8H8BrN3. The highest BCUT2D eigenvalue weighted by Crippen LogP contribution is 2.24. The molecule has 1 aromatic carbocycles. The zero-order chi connectivity index (χ0) is 8.72. The molecule has 0 spiro atoms. The Balaban J connectivity index is 2.83. The number of nitrogens with zero attached hydrogens (tertiary/aromatic N) is 2. The van der Waals surface area contributed by atoms with Crippen LogP contribution in [-0.2, 0) is 7.05 Å². The second-order valence-electron chi connectivity index (χ2n) is 2.74. The van der Waals surface area contributed by atoms with Gasteiger partial charge in [0.05, 0.1) is 5.52 Å². The number of halogens is 1. The van der Waals surface area contributed by atoms with Gasteiger partial charge in [-0.1, -0.05) is 0 Å². The molecule has 0 aliphatic carbocycles. The monoisotopic (exact) mass is 225 g/mol. The van der Waals surface area contributed by atoms with E-state index >= 15 is 0 Å². The topological polar surface area (TPSA) is 43.8 Å². The third kappa shape index (κ3) is 1.08. The van der Waals surface area contributed by atoms with Crippen LogP contribution in [0, 0.1) is 0 Å². The molecule has 4 heteroatoms. The highest BCUT2D eigenvalue weighted by molar-refractivity contribution is 9.10. The predicted octanol–water partition coefficient (Wildman–Crippen LogP) is 1.92. The predicted molar refractivity (Wildman–Crippen MR) is 52.8 cm³/mol. The van der Waals surface area contributed by atoms with E-state index < -0.39 is 0 Å². The third-order valence-electron chi connectivity index (χ3n) is 1.74. The van der Waals surface area contributed by atoms with E-state index in [1.54, 1.807) is 4.68 Å². The Bertz CT molecular complexity index is 394. The fraction of sp³-hybridized carbons (Fsp3) is 0.125. The first-order chi connectivity index (χ1) is 5.66. The Morgan fingerprint density at radius 2 is 2.25 bits per heavy atom. The zero-order valence-corrected chi connectivity index (χ0v) is 8.17. The fourth-order valence-corrected chi connectivity index (χ4v) is 1.54. The van der Waals surface area contributed by atoms with Crippen molar-refractivity contribution in [2.45, 2.75) is 0 Å². The number of aromatic nitrogens is 2. The van der Waals surface area contributed by atoms with Gasteiger partial charge in [-0.25, -0.2) is 0 Å². The highest BCUT2D eigenvalue weighted by Gasteiger charge is 2.01. The Morgan fingerprint density at radius 3 is 3.00 bits per heavy atom. The quantitative estimate of drug-likeness (QED) is 0.697. The van der Waals surface area contributed by atoms with Crippen LogP contribution in [0.4, 0.5) is 5.69 Å². The van der Waals surface area contributed by atoms with Gasteiger partial charge in [0.2, 0.25) is 0 Å². The second kappa shape index (κ2) is 2.48. The first kappa shape index (κ1) is 7.61. The minimum absolute atomic E-state index is 0.723. The van der Waals surface area contributed by atoms with E-state index in [0.29, 0.717) is 0 Å². The van der Waals surface area contributed by atoms with Crippen molar-refractivity contribution in [1.29, 1.82) is 0 Å². The van der Waals surface area contributed by atoms with Gasteiger partial charge < -0.3 is 5.73 Å². The number of aryl methyl sites for hydroxylation is 1. The van der Waals surface area contributed by atoms with Gasteiger partial charge >= 0.3 is 0 Å². The molecule has 12 heavy (non-hydrogen) atoms. The standard InChI is InChI=1S/C8H8BrN3/c1-12-4-5-2-6(9)7(10)3-8(5)11-12/h2-4H,10H2,1H3. The first-order valence-electron chi connectivity index (χ1n) is 3.55. The normalized spacial score (nSPS) is 10.8. The number of rotatable bonds is 0. The van der Waals surface area contributed by atoms with Crippen molar-refractivity contribution < 1.29 is 0 Å². The Kier molecular flexibility index (Phi) is 1.58. The molecule has 0 unspecified atom stereocenters. The van der Waals surface area contributed by atoms with Gasteiger partial charge in [-0.2, -0.15) is 5.10 Å². The largest absolute Gasteiger partial charge is 0.398 e.